The summed E-state index contributed by atoms with van der Waals surface area (Å²) in [6.07, 6.45) is 7.84. The lowest BCUT2D eigenvalue weighted by molar-refractivity contribution is 0.0525. The minimum Gasteiger partial charge on any atom is -0.395 e. The van der Waals surface area contributed by atoms with Gasteiger partial charge in [0.05, 0.1) is 28.0 Å². The van der Waals surface area contributed by atoms with Gasteiger partial charge >= 0.3 is 6.03 Å². The Kier molecular flexibility index (Phi) is 15.0. The molecule has 0 bridgehead atoms. The number of alkyl halides is 2. The summed E-state index contributed by atoms with van der Waals surface area (Å²) in [6.45, 7) is 7.27. The van der Waals surface area contributed by atoms with Crippen molar-refractivity contribution in [3.8, 4) is 22.4 Å². The van der Waals surface area contributed by atoms with E-state index in [1.54, 1.807) is 37.3 Å². The standard InChI is InChI=1S/C38H43Cl2F2N7O4/c1-4-38(41,42)29-20-27(19-28(21-29)35(51)44-14-9-7-6-8-10-15-48(3)16-17-50)25-12-11-13-26(18-25)32-22-33(36(52)49(5-2)47-32)45-37(53)46-34-30(39)23-43-24-31(34)40/h4,11-13,18-24,50H,1,5-10,14-17H2,2-3H3,(H,44,51)(H2,43,45,46,53). The lowest BCUT2D eigenvalue weighted by Gasteiger charge is -2.16. The second-order valence-corrected chi connectivity index (χ2v) is 13.2. The maximum atomic E-state index is 15.0. The predicted molar refractivity (Wildman–Crippen MR) is 206 cm³/mol. The monoisotopic (exact) mass is 769 g/mol. The van der Waals surface area contributed by atoms with Crippen LogP contribution in [0.1, 0.15) is 54.9 Å². The number of carbonyl (C=O) groups excluding carboxylic acids is 2. The number of unbranched alkanes of at least 4 members (excludes halogenated alkanes) is 4. The Bertz CT molecular complexity index is 1960. The van der Waals surface area contributed by atoms with Crippen molar-refractivity contribution in [3.63, 3.8) is 0 Å². The number of anilines is 2. The summed E-state index contributed by atoms with van der Waals surface area (Å²) in [4.78, 5) is 45.2. The number of carbonyl (C=O) groups is 2. The van der Waals surface area contributed by atoms with Gasteiger partial charge in [0.15, 0.2) is 0 Å². The van der Waals surface area contributed by atoms with Crippen LogP contribution in [0.2, 0.25) is 10.0 Å². The fourth-order valence-electron chi connectivity index (χ4n) is 5.50. The molecule has 0 aliphatic carbocycles. The molecule has 282 valence electrons. The first-order chi connectivity index (χ1) is 25.4. The first-order valence-electron chi connectivity index (χ1n) is 17.2. The number of aromatic nitrogens is 3. The highest BCUT2D eigenvalue weighted by Crippen LogP contribution is 2.35. The number of benzene rings is 2. The Labute approximate surface area is 317 Å². The fraction of sp³-hybridized carbons (Fsp3) is 0.342. The first kappa shape index (κ1) is 41.1. The van der Waals surface area contributed by atoms with E-state index in [-0.39, 0.29) is 40.1 Å². The number of amides is 3. The zero-order valence-electron chi connectivity index (χ0n) is 29.6. The van der Waals surface area contributed by atoms with E-state index in [9.17, 15) is 14.4 Å². The number of hydrogen-bond acceptors (Lipinski definition) is 7. The van der Waals surface area contributed by atoms with Crippen molar-refractivity contribution in [1.82, 2.24) is 25.0 Å². The summed E-state index contributed by atoms with van der Waals surface area (Å²) in [5, 5.41) is 21.6. The van der Waals surface area contributed by atoms with Crippen molar-refractivity contribution in [2.24, 2.45) is 0 Å². The van der Waals surface area contributed by atoms with Gasteiger partial charge in [0.25, 0.3) is 17.4 Å². The number of aliphatic hydroxyl groups is 1. The zero-order chi connectivity index (χ0) is 38.5. The summed E-state index contributed by atoms with van der Waals surface area (Å²) in [5.41, 5.74) is 0.832. The van der Waals surface area contributed by atoms with Gasteiger partial charge in [-0.2, -0.15) is 13.9 Å². The van der Waals surface area contributed by atoms with Gasteiger partial charge in [-0.1, -0.05) is 67.2 Å². The molecule has 0 aliphatic heterocycles. The van der Waals surface area contributed by atoms with Crippen LogP contribution in [0.3, 0.4) is 0 Å². The van der Waals surface area contributed by atoms with E-state index in [4.69, 9.17) is 28.3 Å². The summed E-state index contributed by atoms with van der Waals surface area (Å²) in [6, 6.07) is 11.5. The molecule has 0 saturated carbocycles. The molecular formula is C38H43Cl2F2N7O4. The molecule has 11 nitrogen and oxygen atoms in total. The van der Waals surface area contributed by atoms with E-state index in [1.165, 1.54) is 35.3 Å². The van der Waals surface area contributed by atoms with Crippen LogP contribution >= 0.6 is 23.2 Å². The van der Waals surface area contributed by atoms with Crippen LogP contribution in [0, 0.1) is 0 Å². The molecule has 53 heavy (non-hydrogen) atoms. The molecule has 0 saturated heterocycles. The van der Waals surface area contributed by atoms with Gasteiger partial charge < -0.3 is 26.0 Å². The molecule has 2 aromatic heterocycles. The summed E-state index contributed by atoms with van der Waals surface area (Å²) in [7, 11) is 1.97. The highest BCUT2D eigenvalue weighted by atomic mass is 35.5. The molecule has 0 spiro atoms. The number of aryl methyl sites for hydroxylation is 1. The molecule has 2 heterocycles. The summed E-state index contributed by atoms with van der Waals surface area (Å²) >= 11 is 12.2. The third-order valence-electron chi connectivity index (χ3n) is 8.43. The highest BCUT2D eigenvalue weighted by Gasteiger charge is 2.29. The van der Waals surface area contributed by atoms with Crippen LogP contribution in [-0.4, -0.2) is 70.0 Å². The Balaban J connectivity index is 1.54. The Morgan fingerprint density at radius 2 is 1.66 bits per heavy atom. The second-order valence-electron chi connectivity index (χ2n) is 12.4. The van der Waals surface area contributed by atoms with Crippen molar-refractivity contribution in [3.05, 3.63) is 105 Å². The number of nitrogens with zero attached hydrogens (tertiary/aromatic N) is 4. The third-order valence-corrected chi connectivity index (χ3v) is 9.00. The zero-order valence-corrected chi connectivity index (χ0v) is 31.1. The van der Waals surface area contributed by atoms with Crippen molar-refractivity contribution < 1.29 is 23.5 Å². The molecule has 3 amide bonds. The van der Waals surface area contributed by atoms with Crippen LogP contribution in [0.25, 0.3) is 22.4 Å². The molecule has 0 unspecified atom stereocenters. The molecule has 4 rings (SSSR count). The minimum absolute atomic E-state index is 0.0703. The predicted octanol–water partition coefficient (Wildman–Crippen LogP) is 7.83. The van der Waals surface area contributed by atoms with Crippen LogP contribution < -0.4 is 21.5 Å². The van der Waals surface area contributed by atoms with Crippen molar-refractivity contribution in [1.29, 1.82) is 0 Å². The number of pyridine rings is 1. The van der Waals surface area contributed by atoms with Gasteiger partial charge in [-0.3, -0.25) is 14.6 Å². The van der Waals surface area contributed by atoms with E-state index in [2.05, 4.69) is 37.5 Å². The summed E-state index contributed by atoms with van der Waals surface area (Å²) in [5.74, 6) is -3.88. The van der Waals surface area contributed by atoms with Crippen LogP contribution in [0.5, 0.6) is 0 Å². The second kappa shape index (κ2) is 19.4. The fourth-order valence-corrected chi connectivity index (χ4v) is 5.96. The Hall–Kier alpha value is -4.69. The lowest BCUT2D eigenvalue weighted by atomic mass is 9.95. The minimum atomic E-state index is -3.40. The normalized spacial score (nSPS) is 11.4. The smallest absolute Gasteiger partial charge is 0.323 e. The average Bonchev–Trinajstić information content (AvgIpc) is 3.15. The average molecular weight is 771 g/mol. The molecule has 15 heteroatoms. The van der Waals surface area contributed by atoms with Crippen molar-refractivity contribution in [2.45, 2.75) is 51.5 Å². The van der Waals surface area contributed by atoms with Gasteiger partial charge in [-0.05, 0) is 80.9 Å². The Morgan fingerprint density at radius 3 is 2.36 bits per heavy atom. The molecule has 0 aliphatic rings. The number of hydrogen-bond donors (Lipinski definition) is 4. The molecule has 4 N–H and O–H groups in total. The van der Waals surface area contributed by atoms with E-state index in [0.29, 0.717) is 41.5 Å². The van der Waals surface area contributed by atoms with E-state index in [0.717, 1.165) is 38.6 Å². The number of urea groups is 1. The van der Waals surface area contributed by atoms with Crippen LogP contribution in [0.15, 0.2) is 78.4 Å². The van der Waals surface area contributed by atoms with Gasteiger partial charge in [-0.25, -0.2) is 9.48 Å². The largest absolute Gasteiger partial charge is 0.395 e. The summed E-state index contributed by atoms with van der Waals surface area (Å²) < 4.78 is 31.2. The third kappa shape index (κ3) is 11.4. The van der Waals surface area contributed by atoms with Crippen molar-refractivity contribution >= 4 is 46.5 Å². The number of likely N-dealkylation sites (N-methyl/N-ethyl adjacent to an activating group) is 1. The van der Waals surface area contributed by atoms with E-state index in [1.807, 2.05) is 7.05 Å². The number of nitrogens with one attached hydrogen (secondary N) is 3. The highest BCUT2D eigenvalue weighted by molar-refractivity contribution is 6.39. The van der Waals surface area contributed by atoms with E-state index < -0.39 is 29.0 Å². The SMILES string of the molecule is C=CC(F)(F)c1cc(C(=O)NCCCCCCCN(C)CCO)cc(-c2cccc(-c3cc(NC(=O)Nc4c(Cl)cncc4Cl)c(=O)n(CC)n3)c2)c1. The maximum Gasteiger partial charge on any atom is 0.323 e. The number of allylic oxidation sites excluding steroid dienone is 1. The van der Waals surface area contributed by atoms with Gasteiger partial charge in [0, 0.05) is 48.7 Å². The molecule has 0 atom stereocenters. The van der Waals surface area contributed by atoms with Crippen LogP contribution in [-0.2, 0) is 12.5 Å². The topological polar surface area (TPSA) is 141 Å². The number of halogens is 4. The quantitative estimate of drug-likeness (QED) is 0.0597. The first-order valence-corrected chi connectivity index (χ1v) is 18.0. The molecule has 4 aromatic rings. The maximum absolute atomic E-state index is 15.0. The molecule has 0 radical (unpaired) electrons. The van der Waals surface area contributed by atoms with Gasteiger partial charge in [0.2, 0.25) is 0 Å². The molecular weight excluding hydrogens is 727 g/mol. The molecule has 0 fully saturated rings. The van der Waals surface area contributed by atoms with Gasteiger partial charge in [-0.15, -0.1) is 0 Å². The molecule has 2 aromatic carbocycles. The number of rotatable bonds is 18. The van der Waals surface area contributed by atoms with Crippen LogP contribution in [0.4, 0.5) is 25.0 Å². The van der Waals surface area contributed by atoms with Crippen molar-refractivity contribution in [2.75, 3.05) is 43.9 Å². The van der Waals surface area contributed by atoms with E-state index >= 15 is 8.78 Å². The Morgan fingerprint density at radius 1 is 0.962 bits per heavy atom. The number of aliphatic hydroxyl groups excluding tert-OH is 1. The van der Waals surface area contributed by atoms with Gasteiger partial charge in [0.1, 0.15) is 5.69 Å². The lowest BCUT2D eigenvalue weighted by Crippen LogP contribution is -2.29.